The van der Waals surface area contributed by atoms with Crippen LogP contribution in [0.1, 0.15) is 30.0 Å². The van der Waals surface area contributed by atoms with Gasteiger partial charge in [0.1, 0.15) is 11.6 Å². The fourth-order valence-electron chi connectivity index (χ4n) is 4.39. The Labute approximate surface area is 206 Å². The number of aliphatic imine (C=N–C) groups is 1. The third-order valence-electron chi connectivity index (χ3n) is 5.94. The number of hydrogen-bond acceptors (Lipinski definition) is 4. The summed E-state index contributed by atoms with van der Waals surface area (Å²) in [7, 11) is 1.78. The third-order valence-corrected chi connectivity index (χ3v) is 5.94. The summed E-state index contributed by atoms with van der Waals surface area (Å²) in [6.07, 6.45) is 1.71. The first kappa shape index (κ1) is 24.7. The van der Waals surface area contributed by atoms with Gasteiger partial charge in [0, 0.05) is 44.3 Å². The predicted molar refractivity (Wildman–Crippen MR) is 135 cm³/mol. The summed E-state index contributed by atoms with van der Waals surface area (Å²) < 4.78 is 24.8. The van der Waals surface area contributed by atoms with Gasteiger partial charge >= 0.3 is 0 Å². The number of rotatable bonds is 6. The zero-order chi connectivity index (χ0) is 21.6. The van der Waals surface area contributed by atoms with E-state index in [1.165, 1.54) is 11.6 Å². The van der Waals surface area contributed by atoms with Crippen LogP contribution in [0.4, 0.5) is 4.39 Å². The predicted octanol–water partition coefficient (Wildman–Crippen LogP) is 3.68. The number of hydrogen-bond donors (Lipinski definition) is 2. The maximum atomic E-state index is 13.9. The van der Waals surface area contributed by atoms with Crippen molar-refractivity contribution in [2.45, 2.75) is 45.0 Å². The topological polar surface area (TPSA) is 58.1 Å². The number of benzene rings is 2. The van der Waals surface area contributed by atoms with Gasteiger partial charge in [-0.1, -0.05) is 30.3 Å². The van der Waals surface area contributed by atoms with Crippen molar-refractivity contribution in [3.8, 4) is 5.75 Å². The van der Waals surface area contributed by atoms with Crippen LogP contribution in [0.25, 0.3) is 0 Å². The number of guanidine groups is 1. The molecule has 2 aromatic carbocycles. The molecule has 0 saturated carbocycles. The number of fused-ring (bicyclic) bond motifs is 1. The number of halogens is 2. The van der Waals surface area contributed by atoms with Gasteiger partial charge in [0.2, 0.25) is 0 Å². The molecule has 2 N–H and O–H groups in total. The van der Waals surface area contributed by atoms with E-state index in [1.54, 1.807) is 13.1 Å². The molecular weight excluding hydrogens is 522 g/mol. The SMILES string of the molecule is CN=C(NCCc1cc(F)cc2c1OCOC2)NC1CC(C)N(Cc2ccccc2)C1.I. The molecule has 1 saturated heterocycles. The minimum Gasteiger partial charge on any atom is -0.467 e. The number of likely N-dealkylation sites (tertiary alicyclic amines) is 1. The molecule has 0 aromatic heterocycles. The Kier molecular flexibility index (Phi) is 9.12. The summed E-state index contributed by atoms with van der Waals surface area (Å²) in [5.74, 6) is 1.26. The average molecular weight is 554 g/mol. The van der Waals surface area contributed by atoms with E-state index in [9.17, 15) is 4.39 Å². The third kappa shape index (κ3) is 6.32. The molecule has 0 spiro atoms. The first-order valence-corrected chi connectivity index (χ1v) is 10.9. The Morgan fingerprint density at radius 2 is 2.06 bits per heavy atom. The minimum atomic E-state index is -0.260. The van der Waals surface area contributed by atoms with Gasteiger partial charge in [0.05, 0.1) is 6.61 Å². The van der Waals surface area contributed by atoms with Crippen molar-refractivity contribution in [2.24, 2.45) is 4.99 Å². The molecule has 2 heterocycles. The Morgan fingerprint density at radius 3 is 2.84 bits per heavy atom. The Balaban J connectivity index is 0.00000289. The molecule has 6 nitrogen and oxygen atoms in total. The summed E-state index contributed by atoms with van der Waals surface area (Å²) in [5.41, 5.74) is 2.95. The Bertz CT molecular complexity index is 912. The molecule has 2 atom stereocenters. The van der Waals surface area contributed by atoms with Crippen LogP contribution >= 0.6 is 24.0 Å². The summed E-state index contributed by atoms with van der Waals surface area (Å²) in [5, 5.41) is 6.91. The van der Waals surface area contributed by atoms with Gasteiger partial charge in [-0.2, -0.15) is 0 Å². The molecular formula is C24H32FIN4O2. The first-order chi connectivity index (χ1) is 15.1. The van der Waals surface area contributed by atoms with Gasteiger partial charge in [-0.3, -0.25) is 9.89 Å². The Morgan fingerprint density at radius 1 is 1.25 bits per heavy atom. The van der Waals surface area contributed by atoms with Crippen LogP contribution in [0.2, 0.25) is 0 Å². The van der Waals surface area contributed by atoms with Crippen LogP contribution in [0, 0.1) is 5.82 Å². The number of ether oxygens (including phenoxy) is 2. The molecule has 32 heavy (non-hydrogen) atoms. The molecule has 1 fully saturated rings. The highest BCUT2D eigenvalue weighted by Crippen LogP contribution is 2.29. The normalized spacial score (nSPS) is 20.8. The summed E-state index contributed by atoms with van der Waals surface area (Å²) >= 11 is 0. The molecule has 2 aliphatic heterocycles. The van der Waals surface area contributed by atoms with Crippen molar-refractivity contribution in [3.63, 3.8) is 0 Å². The fraction of sp³-hybridized carbons (Fsp3) is 0.458. The lowest BCUT2D eigenvalue weighted by atomic mass is 10.1. The first-order valence-electron chi connectivity index (χ1n) is 10.9. The minimum absolute atomic E-state index is 0. The zero-order valence-electron chi connectivity index (χ0n) is 18.6. The van der Waals surface area contributed by atoms with Gasteiger partial charge in [0.25, 0.3) is 0 Å². The van der Waals surface area contributed by atoms with Crippen LogP contribution in [0.15, 0.2) is 47.5 Å². The van der Waals surface area contributed by atoms with Crippen molar-refractivity contribution < 1.29 is 13.9 Å². The summed E-state index contributed by atoms with van der Waals surface area (Å²) in [6, 6.07) is 14.5. The van der Waals surface area contributed by atoms with Crippen LogP contribution in [0.5, 0.6) is 5.75 Å². The average Bonchev–Trinajstić information content (AvgIpc) is 3.12. The second-order valence-corrected chi connectivity index (χ2v) is 8.25. The van der Waals surface area contributed by atoms with Crippen LogP contribution < -0.4 is 15.4 Å². The van der Waals surface area contributed by atoms with Crippen LogP contribution in [-0.2, 0) is 24.3 Å². The standard InChI is InChI=1S/C24H31FN4O2.HI/c1-17-10-22(14-29(17)13-18-6-4-3-5-7-18)28-24(26-2)27-9-8-19-11-21(25)12-20-15-30-16-31-23(19)20;/h3-7,11-12,17,22H,8-10,13-16H2,1-2H3,(H2,26,27,28);1H. The smallest absolute Gasteiger partial charge is 0.191 e. The van der Waals surface area contributed by atoms with Gasteiger partial charge < -0.3 is 20.1 Å². The van der Waals surface area contributed by atoms with Crippen molar-refractivity contribution in [1.29, 1.82) is 0 Å². The van der Waals surface area contributed by atoms with Crippen molar-refractivity contribution in [3.05, 3.63) is 65.0 Å². The van der Waals surface area contributed by atoms with Gasteiger partial charge in [-0.25, -0.2) is 4.39 Å². The molecule has 4 rings (SSSR count). The molecule has 2 aliphatic rings. The van der Waals surface area contributed by atoms with E-state index in [4.69, 9.17) is 9.47 Å². The lowest BCUT2D eigenvalue weighted by molar-refractivity contribution is -0.0172. The number of nitrogens with zero attached hydrogens (tertiary/aromatic N) is 2. The molecule has 0 aliphatic carbocycles. The maximum absolute atomic E-state index is 13.9. The quantitative estimate of drug-likeness (QED) is 0.324. The largest absolute Gasteiger partial charge is 0.467 e. The monoisotopic (exact) mass is 554 g/mol. The molecule has 2 unspecified atom stereocenters. The second-order valence-electron chi connectivity index (χ2n) is 8.25. The van der Waals surface area contributed by atoms with Crippen molar-refractivity contribution >= 4 is 29.9 Å². The molecule has 174 valence electrons. The Hall–Kier alpha value is -1.91. The molecule has 0 amide bonds. The highest BCUT2D eigenvalue weighted by molar-refractivity contribution is 14.0. The van der Waals surface area contributed by atoms with Gasteiger partial charge in [-0.05, 0) is 43.0 Å². The molecule has 0 radical (unpaired) electrons. The second kappa shape index (κ2) is 11.8. The molecule has 0 bridgehead atoms. The van der Waals surface area contributed by atoms with Crippen LogP contribution in [0.3, 0.4) is 0 Å². The van der Waals surface area contributed by atoms with Crippen LogP contribution in [-0.4, -0.2) is 49.9 Å². The van der Waals surface area contributed by atoms with E-state index in [0.717, 1.165) is 42.3 Å². The zero-order valence-corrected chi connectivity index (χ0v) is 21.0. The highest BCUT2D eigenvalue weighted by atomic mass is 127. The number of nitrogens with one attached hydrogen (secondary N) is 2. The summed E-state index contributed by atoms with van der Waals surface area (Å²) in [6.45, 7) is 5.44. The van der Waals surface area contributed by atoms with Crippen molar-refractivity contribution in [1.82, 2.24) is 15.5 Å². The van der Waals surface area contributed by atoms with Crippen molar-refractivity contribution in [2.75, 3.05) is 26.9 Å². The van der Waals surface area contributed by atoms with E-state index < -0.39 is 0 Å². The van der Waals surface area contributed by atoms with E-state index in [-0.39, 0.29) is 36.6 Å². The van der Waals surface area contributed by atoms with Gasteiger partial charge in [-0.15, -0.1) is 24.0 Å². The fourth-order valence-corrected chi connectivity index (χ4v) is 4.39. The van der Waals surface area contributed by atoms with E-state index in [2.05, 4.69) is 57.8 Å². The highest BCUT2D eigenvalue weighted by Gasteiger charge is 2.29. The van der Waals surface area contributed by atoms with Gasteiger partial charge in [0.15, 0.2) is 12.8 Å². The van der Waals surface area contributed by atoms with E-state index in [1.807, 2.05) is 0 Å². The lowest BCUT2D eigenvalue weighted by Gasteiger charge is -2.22. The lowest BCUT2D eigenvalue weighted by Crippen LogP contribution is -2.45. The van der Waals surface area contributed by atoms with E-state index >= 15 is 0 Å². The van der Waals surface area contributed by atoms with E-state index in [0.29, 0.717) is 31.7 Å². The maximum Gasteiger partial charge on any atom is 0.191 e. The summed E-state index contributed by atoms with van der Waals surface area (Å²) in [4.78, 5) is 6.87. The molecule has 8 heteroatoms. The molecule has 2 aromatic rings.